The monoisotopic (exact) mass is 310 g/mol. The molecule has 1 aliphatic rings. The van der Waals surface area contributed by atoms with Crippen molar-refractivity contribution in [1.82, 2.24) is 5.32 Å². The fraction of sp³-hybridized carbons (Fsp3) is 0.562. The van der Waals surface area contributed by atoms with Crippen molar-refractivity contribution in [3.05, 3.63) is 23.2 Å². The van der Waals surface area contributed by atoms with Crippen LogP contribution in [0.3, 0.4) is 0 Å². The lowest BCUT2D eigenvalue weighted by Gasteiger charge is -2.36. The number of ether oxygens (including phenoxy) is 1. The molecule has 0 radical (unpaired) electrons. The highest BCUT2D eigenvalue weighted by molar-refractivity contribution is 6.32. The smallest absolute Gasteiger partial charge is 0.230 e. The minimum Gasteiger partial charge on any atom is -0.495 e. The van der Waals surface area contributed by atoms with E-state index in [0.717, 1.165) is 25.9 Å². The van der Waals surface area contributed by atoms with Gasteiger partial charge in [-0.05, 0) is 50.0 Å². The fourth-order valence-corrected chi connectivity index (χ4v) is 2.95. The number of anilines is 1. The molecule has 1 amide bonds. The van der Waals surface area contributed by atoms with Gasteiger partial charge in [-0.1, -0.05) is 25.4 Å². The van der Waals surface area contributed by atoms with Crippen LogP contribution in [0.2, 0.25) is 5.02 Å². The zero-order valence-corrected chi connectivity index (χ0v) is 13.6. The van der Waals surface area contributed by atoms with Crippen molar-refractivity contribution in [1.29, 1.82) is 0 Å². The Bertz CT molecular complexity index is 511. The van der Waals surface area contributed by atoms with Crippen LogP contribution in [-0.4, -0.2) is 26.1 Å². The van der Waals surface area contributed by atoms with Crippen molar-refractivity contribution in [2.75, 3.05) is 25.5 Å². The van der Waals surface area contributed by atoms with Crippen LogP contribution in [0, 0.1) is 11.3 Å². The quantitative estimate of drug-likeness (QED) is 0.897. The second-order valence-corrected chi connectivity index (χ2v) is 6.48. The van der Waals surface area contributed by atoms with E-state index in [9.17, 15) is 4.79 Å². The Balaban J connectivity index is 2.07. The lowest BCUT2D eigenvalue weighted by Crippen LogP contribution is -2.44. The molecule has 116 valence electrons. The minimum absolute atomic E-state index is 0.0254. The molecule has 1 atom stereocenters. The molecule has 5 heteroatoms. The van der Waals surface area contributed by atoms with Crippen molar-refractivity contribution in [2.45, 2.75) is 26.7 Å². The van der Waals surface area contributed by atoms with E-state index in [1.807, 2.05) is 13.8 Å². The van der Waals surface area contributed by atoms with Crippen LogP contribution in [0.4, 0.5) is 5.69 Å². The second kappa shape index (κ2) is 6.67. The van der Waals surface area contributed by atoms with Gasteiger partial charge in [0.25, 0.3) is 0 Å². The summed E-state index contributed by atoms with van der Waals surface area (Å²) in [6, 6.07) is 5.28. The molecule has 0 aromatic heterocycles. The third-order valence-electron chi connectivity index (χ3n) is 4.31. The summed E-state index contributed by atoms with van der Waals surface area (Å²) in [5.74, 6) is 0.975. The number of hydrogen-bond donors (Lipinski definition) is 2. The summed E-state index contributed by atoms with van der Waals surface area (Å²) >= 11 is 6.09. The average Bonchev–Trinajstić information content (AvgIpc) is 2.48. The molecule has 21 heavy (non-hydrogen) atoms. The van der Waals surface area contributed by atoms with Gasteiger partial charge in [0, 0.05) is 11.1 Å². The van der Waals surface area contributed by atoms with Gasteiger partial charge in [-0.15, -0.1) is 0 Å². The first-order valence-electron chi connectivity index (χ1n) is 7.31. The number of nitrogens with one attached hydrogen (secondary N) is 2. The number of hydrogen-bond acceptors (Lipinski definition) is 3. The van der Waals surface area contributed by atoms with Crippen LogP contribution >= 0.6 is 11.6 Å². The second-order valence-electron chi connectivity index (χ2n) is 6.07. The molecule has 1 saturated heterocycles. The highest BCUT2D eigenvalue weighted by Gasteiger charge is 2.37. The summed E-state index contributed by atoms with van der Waals surface area (Å²) in [5, 5.41) is 6.82. The Morgan fingerprint density at radius 1 is 1.48 bits per heavy atom. The van der Waals surface area contributed by atoms with Crippen LogP contribution in [0.15, 0.2) is 18.2 Å². The van der Waals surface area contributed by atoms with E-state index < -0.39 is 5.41 Å². The molecule has 1 unspecified atom stereocenters. The molecule has 1 aromatic carbocycles. The van der Waals surface area contributed by atoms with Gasteiger partial charge in [0.1, 0.15) is 5.75 Å². The predicted octanol–water partition coefficient (Wildman–Crippen LogP) is 3.31. The Labute approximate surface area is 131 Å². The number of piperidine rings is 1. The van der Waals surface area contributed by atoms with Crippen molar-refractivity contribution in [3.63, 3.8) is 0 Å². The zero-order chi connectivity index (χ0) is 15.5. The van der Waals surface area contributed by atoms with Crippen molar-refractivity contribution in [2.24, 2.45) is 11.3 Å². The van der Waals surface area contributed by atoms with Gasteiger partial charge in [0.15, 0.2) is 0 Å². The molecule has 2 N–H and O–H groups in total. The first-order chi connectivity index (χ1) is 9.95. The zero-order valence-electron chi connectivity index (χ0n) is 12.8. The molecule has 1 aliphatic heterocycles. The van der Waals surface area contributed by atoms with Gasteiger partial charge in [-0.25, -0.2) is 0 Å². The summed E-state index contributed by atoms with van der Waals surface area (Å²) in [4.78, 5) is 12.6. The molecule has 1 heterocycles. The first kappa shape index (κ1) is 16.1. The summed E-state index contributed by atoms with van der Waals surface area (Å²) in [7, 11) is 1.57. The molecule has 0 saturated carbocycles. The number of methoxy groups -OCH3 is 1. The standard InChI is InChI=1S/C16H23ClN2O2/c1-16(2,11-5-4-8-18-10-11)15(20)19-12-6-7-14(21-3)13(17)9-12/h6-7,9,11,18H,4-5,8,10H2,1-3H3,(H,19,20). The van der Waals surface area contributed by atoms with Crippen molar-refractivity contribution in [3.8, 4) is 5.75 Å². The highest BCUT2D eigenvalue weighted by Crippen LogP contribution is 2.34. The van der Waals surface area contributed by atoms with E-state index in [1.54, 1.807) is 25.3 Å². The molecule has 0 bridgehead atoms. The SMILES string of the molecule is COc1ccc(NC(=O)C(C)(C)C2CCCNC2)cc1Cl. The summed E-state index contributed by atoms with van der Waals surface area (Å²) in [5.41, 5.74) is 0.280. The fourth-order valence-electron chi connectivity index (χ4n) is 2.69. The maximum Gasteiger partial charge on any atom is 0.230 e. The third kappa shape index (κ3) is 3.69. The number of benzene rings is 1. The lowest BCUT2D eigenvalue weighted by molar-refractivity contribution is -0.127. The molecule has 0 aliphatic carbocycles. The summed E-state index contributed by atoms with van der Waals surface area (Å²) in [6.07, 6.45) is 2.20. The maximum atomic E-state index is 12.6. The lowest BCUT2D eigenvalue weighted by atomic mass is 9.74. The van der Waals surface area contributed by atoms with Crippen molar-refractivity contribution >= 4 is 23.2 Å². The van der Waals surface area contributed by atoms with E-state index in [2.05, 4.69) is 10.6 Å². The molecular weight excluding hydrogens is 288 g/mol. The van der Waals surface area contributed by atoms with Crippen LogP contribution in [0.5, 0.6) is 5.75 Å². The minimum atomic E-state index is -0.417. The Kier molecular flexibility index (Phi) is 5.12. The van der Waals surface area contributed by atoms with Gasteiger partial charge in [-0.2, -0.15) is 0 Å². The summed E-state index contributed by atoms with van der Waals surface area (Å²) < 4.78 is 5.11. The number of amides is 1. The first-order valence-corrected chi connectivity index (χ1v) is 7.68. The third-order valence-corrected chi connectivity index (χ3v) is 4.61. The highest BCUT2D eigenvalue weighted by atomic mass is 35.5. The topological polar surface area (TPSA) is 50.4 Å². The van der Waals surface area contributed by atoms with E-state index in [-0.39, 0.29) is 5.91 Å². The Morgan fingerprint density at radius 3 is 2.81 bits per heavy atom. The van der Waals surface area contributed by atoms with Gasteiger partial charge < -0.3 is 15.4 Å². The number of carbonyl (C=O) groups is 1. The van der Waals surface area contributed by atoms with E-state index >= 15 is 0 Å². The molecule has 1 fully saturated rings. The predicted molar refractivity (Wildman–Crippen MR) is 86.0 cm³/mol. The molecular formula is C16H23ClN2O2. The van der Waals surface area contributed by atoms with Crippen molar-refractivity contribution < 1.29 is 9.53 Å². The Morgan fingerprint density at radius 2 is 2.24 bits per heavy atom. The van der Waals surface area contributed by atoms with Gasteiger partial charge >= 0.3 is 0 Å². The maximum absolute atomic E-state index is 12.6. The van der Waals surface area contributed by atoms with Gasteiger partial charge in [-0.3, -0.25) is 4.79 Å². The normalized spacial score (nSPS) is 19.1. The molecule has 0 spiro atoms. The van der Waals surface area contributed by atoms with E-state index in [0.29, 0.717) is 22.4 Å². The Hall–Kier alpha value is -1.26. The number of rotatable bonds is 4. The van der Waals surface area contributed by atoms with Crippen LogP contribution < -0.4 is 15.4 Å². The van der Waals surface area contributed by atoms with E-state index in [1.165, 1.54) is 0 Å². The van der Waals surface area contributed by atoms with Crippen LogP contribution in [0.1, 0.15) is 26.7 Å². The van der Waals surface area contributed by atoms with Crippen LogP contribution in [0.25, 0.3) is 0 Å². The molecule has 4 nitrogen and oxygen atoms in total. The van der Waals surface area contributed by atoms with Gasteiger partial charge in [0.2, 0.25) is 5.91 Å². The van der Waals surface area contributed by atoms with E-state index in [4.69, 9.17) is 16.3 Å². The number of carbonyl (C=O) groups excluding carboxylic acids is 1. The molecule has 1 aromatic rings. The largest absolute Gasteiger partial charge is 0.495 e. The number of halogens is 1. The van der Waals surface area contributed by atoms with Gasteiger partial charge in [0.05, 0.1) is 12.1 Å². The van der Waals surface area contributed by atoms with Crippen LogP contribution in [-0.2, 0) is 4.79 Å². The average molecular weight is 311 g/mol. The molecule has 2 rings (SSSR count). The summed E-state index contributed by atoms with van der Waals surface area (Å²) in [6.45, 7) is 5.95.